The van der Waals surface area contributed by atoms with Crippen LogP contribution < -0.4 is 0 Å². The maximum Gasteiger partial charge on any atom is 0.320 e. The summed E-state index contributed by atoms with van der Waals surface area (Å²) in [6.45, 7) is 6.77. The fraction of sp³-hybridized carbons (Fsp3) is 0.471. The molecule has 7 heteroatoms. The van der Waals surface area contributed by atoms with Crippen LogP contribution in [0.5, 0.6) is 0 Å². The van der Waals surface area contributed by atoms with Gasteiger partial charge < -0.3 is 9.63 Å². The number of nitrogens with zero attached hydrogens (tertiary/aromatic N) is 4. The number of rotatable bonds is 5. The zero-order valence-electron chi connectivity index (χ0n) is 13.9. The predicted molar refractivity (Wildman–Crippen MR) is 88.4 cm³/mol. The topological polar surface area (TPSA) is 82.7 Å². The third-order valence-corrected chi connectivity index (χ3v) is 4.63. The second-order valence-electron chi connectivity index (χ2n) is 6.08. The number of benzene rings is 1. The second-order valence-corrected chi connectivity index (χ2v) is 6.08. The molecule has 1 aliphatic heterocycles. The molecule has 1 aliphatic rings. The van der Waals surface area contributed by atoms with Crippen LogP contribution in [0.4, 0.5) is 0 Å². The van der Waals surface area contributed by atoms with Gasteiger partial charge in [0.15, 0.2) is 0 Å². The molecule has 2 unspecified atom stereocenters. The highest BCUT2D eigenvalue weighted by atomic mass is 16.5. The molecule has 1 fully saturated rings. The van der Waals surface area contributed by atoms with Crippen LogP contribution in [0, 0.1) is 0 Å². The highest BCUT2D eigenvalue weighted by Crippen LogP contribution is 2.23. The van der Waals surface area contributed by atoms with E-state index in [-0.39, 0.29) is 6.04 Å². The van der Waals surface area contributed by atoms with Crippen molar-refractivity contribution in [1.82, 2.24) is 19.9 Å². The Balaban J connectivity index is 1.63. The number of carbonyl (C=O) groups is 1. The van der Waals surface area contributed by atoms with Gasteiger partial charge in [0.1, 0.15) is 6.04 Å². The van der Waals surface area contributed by atoms with E-state index in [4.69, 9.17) is 9.63 Å². The molecule has 0 spiro atoms. The lowest BCUT2D eigenvalue weighted by atomic mass is 10.2. The van der Waals surface area contributed by atoms with Gasteiger partial charge in [-0.3, -0.25) is 14.6 Å². The smallest absolute Gasteiger partial charge is 0.320 e. The molecule has 1 aromatic carbocycles. The zero-order chi connectivity index (χ0) is 17.1. The number of hydrogen-bond acceptors (Lipinski definition) is 6. The van der Waals surface area contributed by atoms with E-state index in [9.17, 15) is 4.79 Å². The van der Waals surface area contributed by atoms with Gasteiger partial charge >= 0.3 is 5.97 Å². The van der Waals surface area contributed by atoms with Gasteiger partial charge in [-0.2, -0.15) is 4.98 Å². The summed E-state index contributed by atoms with van der Waals surface area (Å²) in [4.78, 5) is 19.8. The molecule has 2 atom stereocenters. The van der Waals surface area contributed by atoms with Crippen LogP contribution in [-0.4, -0.2) is 63.2 Å². The molecule has 0 saturated carbocycles. The molecule has 0 bridgehead atoms. The van der Waals surface area contributed by atoms with Crippen molar-refractivity contribution in [2.24, 2.45) is 0 Å². The Morgan fingerprint density at radius 1 is 1.12 bits per heavy atom. The fourth-order valence-corrected chi connectivity index (χ4v) is 2.93. The summed E-state index contributed by atoms with van der Waals surface area (Å²) in [5.41, 5.74) is 0.930. The van der Waals surface area contributed by atoms with E-state index < -0.39 is 12.0 Å². The third kappa shape index (κ3) is 3.47. The van der Waals surface area contributed by atoms with Gasteiger partial charge in [-0.25, -0.2) is 0 Å². The summed E-state index contributed by atoms with van der Waals surface area (Å²) in [6.07, 6.45) is 0. The van der Waals surface area contributed by atoms with E-state index in [2.05, 4.69) is 15.0 Å². The molecule has 128 valence electrons. The highest BCUT2D eigenvalue weighted by Gasteiger charge is 2.29. The number of aromatic nitrogens is 2. The second kappa shape index (κ2) is 7.11. The molecular weight excluding hydrogens is 308 g/mol. The van der Waals surface area contributed by atoms with Crippen LogP contribution in [0.15, 0.2) is 34.9 Å². The Bertz CT molecular complexity index is 680. The van der Waals surface area contributed by atoms with E-state index in [1.807, 2.05) is 42.2 Å². The van der Waals surface area contributed by atoms with Gasteiger partial charge in [-0.05, 0) is 13.8 Å². The fourth-order valence-electron chi connectivity index (χ4n) is 2.93. The van der Waals surface area contributed by atoms with Crippen molar-refractivity contribution in [3.05, 3.63) is 36.2 Å². The third-order valence-electron chi connectivity index (χ3n) is 4.63. The number of aliphatic carboxylic acids is 1. The van der Waals surface area contributed by atoms with Crippen molar-refractivity contribution in [3.8, 4) is 11.4 Å². The SMILES string of the molecule is CC(C(=O)O)N1CCN(C(C)c2nc(-c3ccccc3)no2)CC1. The summed E-state index contributed by atoms with van der Waals surface area (Å²) in [5.74, 6) is 0.407. The Morgan fingerprint density at radius 2 is 1.75 bits per heavy atom. The lowest BCUT2D eigenvalue weighted by Crippen LogP contribution is -2.52. The molecule has 1 aromatic heterocycles. The number of hydrogen-bond donors (Lipinski definition) is 1. The predicted octanol–water partition coefficient (Wildman–Crippen LogP) is 1.89. The van der Waals surface area contributed by atoms with E-state index >= 15 is 0 Å². The van der Waals surface area contributed by atoms with Crippen molar-refractivity contribution < 1.29 is 14.4 Å². The molecular formula is C17H22N4O3. The van der Waals surface area contributed by atoms with Gasteiger partial charge in [0, 0.05) is 31.7 Å². The van der Waals surface area contributed by atoms with Crippen LogP contribution >= 0.6 is 0 Å². The van der Waals surface area contributed by atoms with E-state index in [1.54, 1.807) is 6.92 Å². The maximum atomic E-state index is 11.1. The molecule has 2 aromatic rings. The minimum absolute atomic E-state index is 0.0113. The maximum absolute atomic E-state index is 11.1. The standard InChI is InChI=1S/C17H22N4O3/c1-12(20-8-10-21(11-9-20)13(2)17(22)23)16-18-15(19-24-16)14-6-4-3-5-7-14/h3-7,12-13H,8-11H2,1-2H3,(H,22,23). The molecule has 2 heterocycles. The molecule has 1 saturated heterocycles. The first kappa shape index (κ1) is 16.6. The summed E-state index contributed by atoms with van der Waals surface area (Å²) in [7, 11) is 0. The molecule has 24 heavy (non-hydrogen) atoms. The Hall–Kier alpha value is -2.25. The van der Waals surface area contributed by atoms with Gasteiger partial charge in [-0.15, -0.1) is 0 Å². The van der Waals surface area contributed by atoms with Gasteiger partial charge in [0.25, 0.3) is 0 Å². The van der Waals surface area contributed by atoms with E-state index in [0.29, 0.717) is 11.7 Å². The van der Waals surface area contributed by atoms with Crippen molar-refractivity contribution in [1.29, 1.82) is 0 Å². The van der Waals surface area contributed by atoms with Gasteiger partial charge in [-0.1, -0.05) is 35.5 Å². The molecule has 7 nitrogen and oxygen atoms in total. The molecule has 3 rings (SSSR count). The molecule has 1 N–H and O–H groups in total. The van der Waals surface area contributed by atoms with Crippen LogP contribution in [0.2, 0.25) is 0 Å². The Morgan fingerprint density at radius 3 is 2.38 bits per heavy atom. The average Bonchev–Trinajstić information content (AvgIpc) is 3.11. The molecule has 0 radical (unpaired) electrons. The lowest BCUT2D eigenvalue weighted by molar-refractivity contribution is -0.143. The average molecular weight is 330 g/mol. The van der Waals surface area contributed by atoms with Crippen molar-refractivity contribution in [2.45, 2.75) is 25.9 Å². The van der Waals surface area contributed by atoms with Gasteiger partial charge in [0.05, 0.1) is 6.04 Å². The summed E-state index contributed by atoms with van der Waals surface area (Å²) >= 11 is 0. The number of carboxylic acids is 1. The Labute approximate surface area is 140 Å². The summed E-state index contributed by atoms with van der Waals surface area (Å²) in [6, 6.07) is 9.30. The largest absolute Gasteiger partial charge is 0.480 e. The Kier molecular flexibility index (Phi) is 4.92. The first-order valence-electron chi connectivity index (χ1n) is 8.16. The first-order chi connectivity index (χ1) is 11.6. The van der Waals surface area contributed by atoms with Crippen LogP contribution in [0.3, 0.4) is 0 Å². The molecule has 0 aliphatic carbocycles. The number of carboxylic acid groups (broad SMARTS) is 1. The van der Waals surface area contributed by atoms with Crippen molar-refractivity contribution >= 4 is 5.97 Å². The monoisotopic (exact) mass is 330 g/mol. The molecule has 0 amide bonds. The van der Waals surface area contributed by atoms with Crippen LogP contribution in [0.1, 0.15) is 25.8 Å². The normalized spacial score (nSPS) is 19.1. The quantitative estimate of drug-likeness (QED) is 0.896. The minimum atomic E-state index is -0.777. The summed E-state index contributed by atoms with van der Waals surface area (Å²) in [5, 5.41) is 13.2. The zero-order valence-corrected chi connectivity index (χ0v) is 13.9. The number of piperazine rings is 1. The van der Waals surface area contributed by atoms with E-state index in [1.165, 1.54) is 0 Å². The van der Waals surface area contributed by atoms with E-state index in [0.717, 1.165) is 31.7 Å². The van der Waals surface area contributed by atoms with Gasteiger partial charge in [0.2, 0.25) is 11.7 Å². The van der Waals surface area contributed by atoms with Crippen LogP contribution in [0.25, 0.3) is 11.4 Å². The lowest BCUT2D eigenvalue weighted by Gasteiger charge is -2.38. The van der Waals surface area contributed by atoms with Crippen LogP contribution in [-0.2, 0) is 4.79 Å². The minimum Gasteiger partial charge on any atom is -0.480 e. The first-order valence-corrected chi connectivity index (χ1v) is 8.16. The highest BCUT2D eigenvalue weighted by molar-refractivity contribution is 5.72. The van der Waals surface area contributed by atoms with Crippen molar-refractivity contribution in [2.75, 3.05) is 26.2 Å². The van der Waals surface area contributed by atoms with Crippen molar-refractivity contribution in [3.63, 3.8) is 0 Å². The summed E-state index contributed by atoms with van der Waals surface area (Å²) < 4.78 is 5.44.